The molecule has 0 aliphatic rings. The second kappa shape index (κ2) is 9.62. The van der Waals surface area contributed by atoms with E-state index in [-0.39, 0.29) is 23.1 Å². The number of hydrogen-bond acceptors (Lipinski definition) is 6. The summed E-state index contributed by atoms with van der Waals surface area (Å²) in [6.07, 6.45) is 0. The largest absolute Gasteiger partial charge is 0.495 e. The molecule has 29 heavy (non-hydrogen) atoms. The molecule has 2 rings (SSSR count). The van der Waals surface area contributed by atoms with Gasteiger partial charge >= 0.3 is 0 Å². The third-order valence-corrected chi connectivity index (χ3v) is 5.92. The molecule has 0 spiro atoms. The van der Waals surface area contributed by atoms with Crippen LogP contribution in [0, 0.1) is 6.92 Å². The molecule has 0 aromatic heterocycles. The molecule has 0 saturated carbocycles. The zero-order valence-corrected chi connectivity index (χ0v) is 18.1. The topological polar surface area (TPSA) is 97.0 Å². The first-order valence-corrected chi connectivity index (χ1v) is 10.5. The summed E-state index contributed by atoms with van der Waals surface area (Å²) in [6.45, 7) is 3.98. The van der Waals surface area contributed by atoms with E-state index >= 15 is 0 Å². The van der Waals surface area contributed by atoms with Crippen molar-refractivity contribution < 1.29 is 22.7 Å². The van der Waals surface area contributed by atoms with Gasteiger partial charge in [0.15, 0.2) is 0 Å². The Kier molecular flexibility index (Phi) is 7.46. The van der Waals surface area contributed by atoms with Gasteiger partial charge in [-0.15, -0.1) is 0 Å². The molecule has 158 valence electrons. The molecule has 0 aliphatic carbocycles. The third-order valence-electron chi connectivity index (χ3n) is 4.08. The van der Waals surface area contributed by atoms with Crippen molar-refractivity contribution in [1.29, 1.82) is 0 Å². The maximum Gasteiger partial charge on any atom is 0.246 e. The fourth-order valence-electron chi connectivity index (χ4n) is 2.59. The van der Waals surface area contributed by atoms with Gasteiger partial charge in [0.1, 0.15) is 16.4 Å². The van der Waals surface area contributed by atoms with E-state index in [9.17, 15) is 13.2 Å². The van der Waals surface area contributed by atoms with E-state index in [0.717, 1.165) is 9.87 Å². The zero-order chi connectivity index (χ0) is 21.6. The van der Waals surface area contributed by atoms with Gasteiger partial charge in [0.25, 0.3) is 0 Å². The number of aryl methyl sites for hydroxylation is 1. The van der Waals surface area contributed by atoms with Crippen LogP contribution in [0.25, 0.3) is 0 Å². The second-order valence-corrected chi connectivity index (χ2v) is 8.61. The number of nitrogens with one attached hydrogen (secondary N) is 2. The lowest BCUT2D eigenvalue weighted by Gasteiger charge is -2.17. The molecule has 2 aromatic carbocycles. The Morgan fingerprint density at radius 1 is 1.10 bits per heavy atom. The number of rotatable bonds is 9. The lowest BCUT2D eigenvalue weighted by molar-refractivity contribution is -0.114. The highest BCUT2D eigenvalue weighted by atomic mass is 32.2. The number of benzene rings is 2. The van der Waals surface area contributed by atoms with Gasteiger partial charge in [-0.3, -0.25) is 4.79 Å². The molecule has 0 saturated heterocycles. The molecule has 2 N–H and O–H groups in total. The first-order valence-electron chi connectivity index (χ1n) is 9.06. The average Bonchev–Trinajstić information content (AvgIpc) is 2.67. The fraction of sp³-hybridized carbons (Fsp3) is 0.350. The fourth-order valence-corrected chi connectivity index (χ4v) is 3.64. The molecule has 0 radical (unpaired) electrons. The van der Waals surface area contributed by atoms with Crippen molar-refractivity contribution in [3.63, 3.8) is 0 Å². The van der Waals surface area contributed by atoms with E-state index in [1.165, 1.54) is 27.3 Å². The zero-order valence-electron chi connectivity index (χ0n) is 17.3. The van der Waals surface area contributed by atoms with E-state index in [1.54, 1.807) is 25.1 Å². The van der Waals surface area contributed by atoms with Crippen LogP contribution in [0.2, 0.25) is 0 Å². The molecular formula is C20H27N3O5S. The summed E-state index contributed by atoms with van der Waals surface area (Å²) in [5.74, 6) is 0.532. The number of anilines is 2. The minimum Gasteiger partial charge on any atom is -0.495 e. The highest BCUT2D eigenvalue weighted by molar-refractivity contribution is 7.89. The standard InChI is InChI=1S/C20H27N3O5S/c1-6-28-18-10-8-15(12-19(18)29(25,26)23(3)4)21-13-20(24)22-16-11-14(2)7-9-17(16)27-5/h7-12,21H,6,13H2,1-5H3,(H,22,24). The molecule has 0 fully saturated rings. The van der Waals surface area contributed by atoms with Crippen molar-refractivity contribution in [2.24, 2.45) is 0 Å². The van der Waals surface area contributed by atoms with E-state index in [4.69, 9.17) is 9.47 Å². The SMILES string of the molecule is CCOc1ccc(NCC(=O)Nc2cc(C)ccc2OC)cc1S(=O)(=O)N(C)C. The predicted molar refractivity (Wildman–Crippen MR) is 113 cm³/mol. The monoisotopic (exact) mass is 421 g/mol. The van der Waals surface area contributed by atoms with Gasteiger partial charge in [-0.1, -0.05) is 6.07 Å². The Hall–Kier alpha value is -2.78. The van der Waals surface area contributed by atoms with Gasteiger partial charge in [-0.25, -0.2) is 12.7 Å². The maximum atomic E-state index is 12.6. The van der Waals surface area contributed by atoms with E-state index in [0.29, 0.717) is 23.7 Å². The van der Waals surface area contributed by atoms with E-state index in [1.807, 2.05) is 19.1 Å². The number of carbonyl (C=O) groups is 1. The number of sulfonamides is 1. The third kappa shape index (κ3) is 5.61. The minimum atomic E-state index is -3.70. The molecule has 0 unspecified atom stereocenters. The Labute approximate surface area is 171 Å². The maximum absolute atomic E-state index is 12.6. The highest BCUT2D eigenvalue weighted by Crippen LogP contribution is 2.29. The van der Waals surface area contributed by atoms with Crippen LogP contribution < -0.4 is 20.1 Å². The average molecular weight is 422 g/mol. The quantitative estimate of drug-likeness (QED) is 0.646. The summed E-state index contributed by atoms with van der Waals surface area (Å²) in [6, 6.07) is 10.2. The molecule has 0 aliphatic heterocycles. The summed E-state index contributed by atoms with van der Waals surface area (Å²) >= 11 is 0. The summed E-state index contributed by atoms with van der Waals surface area (Å²) in [7, 11) is 0.736. The van der Waals surface area contributed by atoms with Gasteiger partial charge in [-0.05, 0) is 49.7 Å². The molecule has 0 bridgehead atoms. The first-order chi connectivity index (χ1) is 13.7. The van der Waals surface area contributed by atoms with Gasteiger partial charge in [0.05, 0.1) is 25.9 Å². The van der Waals surface area contributed by atoms with Crippen LogP contribution in [-0.4, -0.2) is 53.0 Å². The van der Waals surface area contributed by atoms with Crippen LogP contribution in [-0.2, 0) is 14.8 Å². The smallest absolute Gasteiger partial charge is 0.246 e. The molecule has 0 heterocycles. The van der Waals surface area contributed by atoms with Crippen LogP contribution in [0.15, 0.2) is 41.3 Å². The summed E-state index contributed by atoms with van der Waals surface area (Å²) < 4.78 is 37.0. The second-order valence-electron chi connectivity index (χ2n) is 6.49. The van der Waals surface area contributed by atoms with Crippen LogP contribution in [0.1, 0.15) is 12.5 Å². The van der Waals surface area contributed by atoms with Crippen molar-refractivity contribution in [1.82, 2.24) is 4.31 Å². The van der Waals surface area contributed by atoms with Crippen molar-refractivity contribution >= 4 is 27.3 Å². The van der Waals surface area contributed by atoms with E-state index < -0.39 is 10.0 Å². The van der Waals surface area contributed by atoms with Crippen LogP contribution in [0.5, 0.6) is 11.5 Å². The summed E-state index contributed by atoms with van der Waals surface area (Å²) in [4.78, 5) is 12.4. The Morgan fingerprint density at radius 2 is 1.79 bits per heavy atom. The van der Waals surface area contributed by atoms with Gasteiger partial charge < -0.3 is 20.1 Å². The number of hydrogen-bond donors (Lipinski definition) is 2. The minimum absolute atomic E-state index is 0.0371. The molecule has 9 heteroatoms. The number of carbonyl (C=O) groups excluding carboxylic acids is 1. The Bertz CT molecular complexity index is 974. The lowest BCUT2D eigenvalue weighted by atomic mass is 10.2. The van der Waals surface area contributed by atoms with Crippen LogP contribution in [0.4, 0.5) is 11.4 Å². The number of nitrogens with zero attached hydrogens (tertiary/aromatic N) is 1. The predicted octanol–water partition coefficient (Wildman–Crippen LogP) is 2.70. The normalized spacial score (nSPS) is 11.2. The number of methoxy groups -OCH3 is 1. The molecule has 1 amide bonds. The van der Waals surface area contributed by atoms with Crippen molar-refractivity contribution in [3.8, 4) is 11.5 Å². The van der Waals surface area contributed by atoms with Crippen LogP contribution in [0.3, 0.4) is 0 Å². The number of amides is 1. The number of ether oxygens (including phenoxy) is 2. The first kappa shape index (κ1) is 22.5. The molecule has 2 aromatic rings. The summed E-state index contributed by atoms with van der Waals surface area (Å²) in [5.41, 5.74) is 2.04. The van der Waals surface area contributed by atoms with Crippen molar-refractivity contribution in [3.05, 3.63) is 42.0 Å². The Morgan fingerprint density at radius 3 is 2.41 bits per heavy atom. The van der Waals surface area contributed by atoms with Gasteiger partial charge in [0, 0.05) is 19.8 Å². The lowest BCUT2D eigenvalue weighted by Crippen LogP contribution is -2.24. The molecule has 0 atom stereocenters. The van der Waals surface area contributed by atoms with Gasteiger partial charge in [0.2, 0.25) is 15.9 Å². The summed E-state index contributed by atoms with van der Waals surface area (Å²) in [5, 5.41) is 5.74. The highest BCUT2D eigenvalue weighted by Gasteiger charge is 2.23. The van der Waals surface area contributed by atoms with Crippen molar-refractivity contribution in [2.75, 3.05) is 45.0 Å². The Balaban J connectivity index is 2.16. The van der Waals surface area contributed by atoms with Crippen molar-refractivity contribution in [2.45, 2.75) is 18.7 Å². The molecule has 8 nitrogen and oxygen atoms in total. The van der Waals surface area contributed by atoms with Gasteiger partial charge in [-0.2, -0.15) is 0 Å². The molecular weight excluding hydrogens is 394 g/mol. The van der Waals surface area contributed by atoms with E-state index in [2.05, 4.69) is 10.6 Å². The van der Waals surface area contributed by atoms with Crippen LogP contribution >= 0.6 is 0 Å².